The average molecular weight is 160 g/mol. The summed E-state index contributed by atoms with van der Waals surface area (Å²) in [5.41, 5.74) is 0. The van der Waals surface area contributed by atoms with Gasteiger partial charge in [-0.05, 0) is 12.8 Å². The highest BCUT2D eigenvalue weighted by Gasteiger charge is 2.14. The first-order chi connectivity index (χ1) is 4.81. The van der Waals surface area contributed by atoms with E-state index in [2.05, 4.69) is 19.6 Å². The quantitative estimate of drug-likeness (QED) is 0.553. The Bertz CT molecular complexity index is 60.6. The molecular formula is C7H17AlO2. The van der Waals surface area contributed by atoms with Crippen molar-refractivity contribution in [2.24, 2.45) is 0 Å². The van der Waals surface area contributed by atoms with Gasteiger partial charge in [0.15, 0.2) is 0 Å². The highest BCUT2D eigenvalue weighted by atomic mass is 27.2. The summed E-state index contributed by atoms with van der Waals surface area (Å²) < 4.78 is 10.8. The molecule has 3 heteroatoms. The van der Waals surface area contributed by atoms with Gasteiger partial charge in [-0.2, -0.15) is 0 Å². The van der Waals surface area contributed by atoms with Crippen LogP contribution in [0.2, 0.25) is 5.79 Å². The third kappa shape index (κ3) is 6.57. The molecular weight excluding hydrogens is 143 g/mol. The van der Waals surface area contributed by atoms with Crippen LogP contribution in [0.25, 0.3) is 0 Å². The van der Waals surface area contributed by atoms with Crippen LogP contribution >= 0.6 is 0 Å². The fourth-order valence-corrected chi connectivity index (χ4v) is 1.85. The van der Waals surface area contributed by atoms with E-state index in [0.29, 0.717) is 0 Å². The lowest BCUT2D eigenvalue weighted by molar-refractivity contribution is 0.202. The van der Waals surface area contributed by atoms with Crippen molar-refractivity contribution in [1.29, 1.82) is 0 Å². The summed E-state index contributed by atoms with van der Waals surface area (Å²) >= 11 is -1.24. The van der Waals surface area contributed by atoms with Gasteiger partial charge in [-0.3, -0.25) is 0 Å². The molecule has 0 bridgehead atoms. The second-order valence-corrected chi connectivity index (χ2v) is 4.11. The average Bonchev–Trinajstić information content (AvgIpc) is 1.97. The van der Waals surface area contributed by atoms with Crippen LogP contribution in [0.4, 0.5) is 0 Å². The SMILES string of the molecule is CCC[O][Al]([CH3])[O]CCC. The first-order valence-corrected chi connectivity index (χ1v) is 6.14. The van der Waals surface area contributed by atoms with E-state index in [1.807, 2.05) is 0 Å². The zero-order chi connectivity index (χ0) is 7.82. The molecule has 0 aliphatic carbocycles. The topological polar surface area (TPSA) is 18.5 Å². The van der Waals surface area contributed by atoms with Gasteiger partial charge in [-0.25, -0.2) is 0 Å². The predicted molar refractivity (Wildman–Crippen MR) is 44.1 cm³/mol. The van der Waals surface area contributed by atoms with Crippen molar-refractivity contribution in [3.63, 3.8) is 0 Å². The smallest absolute Gasteiger partial charge is 0.478 e. The summed E-state index contributed by atoms with van der Waals surface area (Å²) in [5.74, 6) is 2.07. The molecule has 0 spiro atoms. The summed E-state index contributed by atoms with van der Waals surface area (Å²) in [5, 5.41) is 0. The molecule has 0 aromatic heterocycles. The third-order valence-corrected chi connectivity index (χ3v) is 2.52. The second kappa shape index (κ2) is 7.56. The molecule has 0 rings (SSSR count). The van der Waals surface area contributed by atoms with Crippen molar-refractivity contribution >= 4 is 14.8 Å². The van der Waals surface area contributed by atoms with E-state index in [-0.39, 0.29) is 0 Å². The fourth-order valence-electron chi connectivity index (χ4n) is 0.616. The predicted octanol–water partition coefficient (Wildman–Crippen LogP) is 1.96. The van der Waals surface area contributed by atoms with Crippen LogP contribution in [0.3, 0.4) is 0 Å². The zero-order valence-electron chi connectivity index (χ0n) is 7.22. The van der Waals surface area contributed by atoms with Crippen LogP contribution in [0, 0.1) is 0 Å². The molecule has 0 aromatic carbocycles. The molecule has 0 saturated carbocycles. The van der Waals surface area contributed by atoms with E-state index in [4.69, 9.17) is 7.58 Å². The highest BCUT2D eigenvalue weighted by molar-refractivity contribution is 6.42. The maximum Gasteiger partial charge on any atom is 0.671 e. The van der Waals surface area contributed by atoms with Crippen molar-refractivity contribution in [2.45, 2.75) is 32.5 Å². The Morgan fingerprint density at radius 3 is 1.70 bits per heavy atom. The lowest BCUT2D eigenvalue weighted by Crippen LogP contribution is -2.19. The number of hydrogen-bond donors (Lipinski definition) is 0. The summed E-state index contributed by atoms with van der Waals surface area (Å²) in [6.07, 6.45) is 2.18. The van der Waals surface area contributed by atoms with Gasteiger partial charge in [-0.15, -0.1) is 0 Å². The van der Waals surface area contributed by atoms with E-state index in [9.17, 15) is 0 Å². The minimum absolute atomic E-state index is 0.858. The van der Waals surface area contributed by atoms with Crippen molar-refractivity contribution in [3.05, 3.63) is 0 Å². The molecule has 0 amide bonds. The Morgan fingerprint density at radius 1 is 1.00 bits per heavy atom. The Kier molecular flexibility index (Phi) is 7.90. The van der Waals surface area contributed by atoms with Gasteiger partial charge in [-0.1, -0.05) is 19.6 Å². The molecule has 0 N–H and O–H groups in total. The van der Waals surface area contributed by atoms with Crippen molar-refractivity contribution < 1.29 is 7.58 Å². The largest absolute Gasteiger partial charge is 0.671 e. The maximum absolute atomic E-state index is 5.41. The van der Waals surface area contributed by atoms with Gasteiger partial charge in [0.05, 0.1) is 0 Å². The first-order valence-electron chi connectivity index (χ1n) is 4.04. The van der Waals surface area contributed by atoms with E-state index in [1.165, 1.54) is 0 Å². The van der Waals surface area contributed by atoms with Gasteiger partial charge in [0.25, 0.3) is 0 Å². The highest BCUT2D eigenvalue weighted by Crippen LogP contribution is 1.91. The van der Waals surface area contributed by atoms with Gasteiger partial charge >= 0.3 is 14.8 Å². The molecule has 0 heterocycles. The lowest BCUT2D eigenvalue weighted by Gasteiger charge is -2.07. The van der Waals surface area contributed by atoms with Crippen molar-refractivity contribution in [1.82, 2.24) is 0 Å². The standard InChI is InChI=1S/2C3H7O.CH3.Al/c2*1-2-3-4;;/h2*2-3H2,1H3;1H3;/q2*-1;;+2. The lowest BCUT2D eigenvalue weighted by atomic mass is 10.5. The van der Waals surface area contributed by atoms with Crippen LogP contribution in [-0.2, 0) is 7.58 Å². The van der Waals surface area contributed by atoms with Crippen LogP contribution in [0.15, 0.2) is 0 Å². The molecule has 10 heavy (non-hydrogen) atoms. The first kappa shape index (κ1) is 10.5. The molecule has 2 nitrogen and oxygen atoms in total. The van der Waals surface area contributed by atoms with Gasteiger partial charge < -0.3 is 7.58 Å². The van der Waals surface area contributed by atoms with Gasteiger partial charge in [0.1, 0.15) is 0 Å². The Balaban J connectivity index is 3.00. The van der Waals surface area contributed by atoms with E-state index in [0.717, 1.165) is 26.1 Å². The summed E-state index contributed by atoms with van der Waals surface area (Å²) in [7, 11) is 0. The van der Waals surface area contributed by atoms with Crippen molar-refractivity contribution in [3.8, 4) is 0 Å². The molecule has 0 fully saturated rings. The second-order valence-electron chi connectivity index (χ2n) is 2.31. The number of hydrogen-bond acceptors (Lipinski definition) is 2. The van der Waals surface area contributed by atoms with Crippen LogP contribution in [-0.4, -0.2) is 28.0 Å². The van der Waals surface area contributed by atoms with Gasteiger partial charge in [0, 0.05) is 13.2 Å². The number of rotatable bonds is 6. The third-order valence-electron chi connectivity index (χ3n) is 1.11. The minimum Gasteiger partial charge on any atom is -0.478 e. The van der Waals surface area contributed by atoms with Gasteiger partial charge in [0.2, 0.25) is 0 Å². The van der Waals surface area contributed by atoms with E-state index < -0.39 is 14.8 Å². The fraction of sp³-hybridized carbons (Fsp3) is 1.00. The minimum atomic E-state index is -1.24. The van der Waals surface area contributed by atoms with Crippen LogP contribution < -0.4 is 0 Å². The maximum atomic E-state index is 5.41. The van der Waals surface area contributed by atoms with Crippen LogP contribution in [0.1, 0.15) is 26.7 Å². The molecule has 0 aromatic rings. The molecule has 0 aliphatic rings. The summed E-state index contributed by atoms with van der Waals surface area (Å²) in [6.45, 7) is 5.94. The molecule has 0 saturated heterocycles. The van der Waals surface area contributed by atoms with E-state index >= 15 is 0 Å². The molecule has 0 atom stereocenters. The molecule has 0 radical (unpaired) electrons. The Morgan fingerprint density at radius 2 is 1.40 bits per heavy atom. The monoisotopic (exact) mass is 160 g/mol. The van der Waals surface area contributed by atoms with Crippen LogP contribution in [0.5, 0.6) is 0 Å². The Labute approximate surface area is 68.6 Å². The van der Waals surface area contributed by atoms with E-state index in [1.54, 1.807) is 0 Å². The Hall–Kier alpha value is 0.452. The normalized spacial score (nSPS) is 9.90. The summed E-state index contributed by atoms with van der Waals surface area (Å²) in [6, 6.07) is 0. The molecule has 0 unspecified atom stereocenters. The molecule has 60 valence electrons. The molecule has 0 aliphatic heterocycles. The van der Waals surface area contributed by atoms with Crippen molar-refractivity contribution in [2.75, 3.05) is 13.2 Å². The summed E-state index contributed by atoms with van der Waals surface area (Å²) in [4.78, 5) is 0. The zero-order valence-corrected chi connectivity index (χ0v) is 8.38.